The summed E-state index contributed by atoms with van der Waals surface area (Å²) in [5.41, 5.74) is 6.44. The molecule has 2 aromatic carbocycles. The van der Waals surface area contributed by atoms with E-state index in [0.717, 1.165) is 34.0 Å². The normalized spacial score (nSPS) is 12.8. The number of hydrogen-bond acceptors (Lipinski definition) is 5. The quantitative estimate of drug-likeness (QED) is 0.251. The Balaban J connectivity index is 1.65. The van der Waals surface area contributed by atoms with E-state index in [1.807, 2.05) is 22.7 Å². The van der Waals surface area contributed by atoms with Crippen LogP contribution in [0.15, 0.2) is 46.5 Å². The van der Waals surface area contributed by atoms with E-state index in [4.69, 9.17) is 9.40 Å². The summed E-state index contributed by atoms with van der Waals surface area (Å²) in [5.74, 6) is 0.615. The third-order valence-electron chi connectivity index (χ3n) is 6.63. The van der Waals surface area contributed by atoms with Gasteiger partial charge in [0.2, 0.25) is 5.71 Å². The predicted octanol–water partition coefficient (Wildman–Crippen LogP) is 9.28. The van der Waals surface area contributed by atoms with Crippen molar-refractivity contribution in [2.24, 2.45) is 5.92 Å². The van der Waals surface area contributed by atoms with Crippen LogP contribution in [0.4, 0.5) is 0 Å². The number of rotatable bonds is 3. The number of aromatic nitrogens is 2. The van der Waals surface area contributed by atoms with Gasteiger partial charge in [0.15, 0.2) is 0 Å². The van der Waals surface area contributed by atoms with Crippen molar-refractivity contribution in [3.05, 3.63) is 58.0 Å². The lowest BCUT2D eigenvalue weighted by molar-refractivity contribution is 0.597. The number of benzene rings is 2. The molecule has 6 aromatic rings. The molecule has 0 aliphatic rings. The first kappa shape index (κ1) is 21.8. The highest BCUT2D eigenvalue weighted by molar-refractivity contribution is 7.19. The zero-order chi connectivity index (χ0) is 23.8. The van der Waals surface area contributed by atoms with E-state index in [1.54, 1.807) is 6.33 Å². The molecule has 0 radical (unpaired) electrons. The van der Waals surface area contributed by atoms with E-state index in [0.29, 0.717) is 11.6 Å². The minimum atomic E-state index is 0.0389. The highest BCUT2D eigenvalue weighted by atomic mass is 32.1. The highest BCUT2D eigenvalue weighted by Gasteiger charge is 2.22. The van der Waals surface area contributed by atoms with Gasteiger partial charge in [0.1, 0.15) is 11.9 Å². The number of thiophene rings is 2. The molecule has 0 saturated carbocycles. The molecule has 0 N–H and O–H groups in total. The second-order valence-electron chi connectivity index (χ2n) is 10.7. The summed E-state index contributed by atoms with van der Waals surface area (Å²) in [5, 5.41) is 6.86. The number of nitrogens with zero attached hydrogens (tertiary/aromatic N) is 2. The van der Waals surface area contributed by atoms with Gasteiger partial charge in [0.05, 0.1) is 11.1 Å². The van der Waals surface area contributed by atoms with Crippen LogP contribution < -0.4 is 0 Å². The van der Waals surface area contributed by atoms with Crippen LogP contribution in [0.1, 0.15) is 50.6 Å². The first-order chi connectivity index (χ1) is 16.2. The van der Waals surface area contributed by atoms with Gasteiger partial charge in [-0.15, -0.1) is 22.7 Å². The number of fused-ring (bicyclic) bond motifs is 5. The lowest BCUT2D eigenvalue weighted by Crippen LogP contribution is -2.11. The number of hydrogen-bond donors (Lipinski definition) is 0. The molecule has 5 heteroatoms. The molecule has 0 amide bonds. The standard InChI is InChI=1S/C29H28N2OS2/c1-15(2)9-19-16(3)34-24-13-21-23(12-20(19)24)32-28-25(21)26(30-14-31-28)18-10-17-7-8-33-27(17)22(11-18)29(4,5)6/h7-8,10-15H,9H2,1-6H3. The van der Waals surface area contributed by atoms with Crippen molar-refractivity contribution in [1.82, 2.24) is 9.97 Å². The molecule has 3 nitrogen and oxygen atoms in total. The average molecular weight is 485 g/mol. The number of aryl methyl sites for hydroxylation is 1. The van der Waals surface area contributed by atoms with Crippen LogP contribution >= 0.6 is 22.7 Å². The second kappa shape index (κ2) is 7.62. The van der Waals surface area contributed by atoms with Crippen molar-refractivity contribution < 1.29 is 4.42 Å². The van der Waals surface area contributed by atoms with Gasteiger partial charge in [0, 0.05) is 25.2 Å². The topological polar surface area (TPSA) is 38.9 Å². The van der Waals surface area contributed by atoms with Crippen LogP contribution in [0, 0.1) is 12.8 Å². The molecule has 6 rings (SSSR count). The van der Waals surface area contributed by atoms with Crippen LogP contribution in [-0.2, 0) is 11.8 Å². The summed E-state index contributed by atoms with van der Waals surface area (Å²) >= 11 is 3.69. The summed E-state index contributed by atoms with van der Waals surface area (Å²) in [6.45, 7) is 13.6. The SMILES string of the molecule is Cc1sc2cc3c(cc2c1CC(C)C)oc1ncnc(-c2cc(C(C)(C)C)c4sccc4c2)c13. The maximum Gasteiger partial charge on any atom is 0.230 e. The maximum absolute atomic E-state index is 6.32. The van der Waals surface area contributed by atoms with Crippen molar-refractivity contribution in [3.8, 4) is 11.3 Å². The molecule has 0 fully saturated rings. The van der Waals surface area contributed by atoms with Gasteiger partial charge < -0.3 is 4.42 Å². The van der Waals surface area contributed by atoms with E-state index >= 15 is 0 Å². The van der Waals surface area contributed by atoms with Crippen LogP contribution in [0.5, 0.6) is 0 Å². The zero-order valence-electron chi connectivity index (χ0n) is 20.4. The third-order valence-corrected chi connectivity index (χ3v) is 8.70. The van der Waals surface area contributed by atoms with Crippen LogP contribution in [0.2, 0.25) is 0 Å². The maximum atomic E-state index is 6.32. The fourth-order valence-corrected chi connectivity index (χ4v) is 7.25. The van der Waals surface area contributed by atoms with Crippen molar-refractivity contribution in [2.45, 2.75) is 53.4 Å². The molecule has 0 atom stereocenters. The molecule has 0 bridgehead atoms. The first-order valence-electron chi connectivity index (χ1n) is 11.8. The molecule has 0 aliphatic carbocycles. The molecule has 0 saturated heterocycles. The molecule has 34 heavy (non-hydrogen) atoms. The van der Waals surface area contributed by atoms with Gasteiger partial charge >= 0.3 is 0 Å². The summed E-state index contributed by atoms with van der Waals surface area (Å²) in [6, 6.07) is 11.3. The van der Waals surface area contributed by atoms with Crippen LogP contribution in [-0.4, -0.2) is 9.97 Å². The van der Waals surface area contributed by atoms with E-state index in [9.17, 15) is 0 Å². The molecule has 4 aromatic heterocycles. The van der Waals surface area contributed by atoms with Gasteiger partial charge in [-0.1, -0.05) is 34.6 Å². The molecular weight excluding hydrogens is 456 g/mol. The van der Waals surface area contributed by atoms with Crippen molar-refractivity contribution >= 4 is 64.9 Å². The monoisotopic (exact) mass is 484 g/mol. The molecule has 4 heterocycles. The first-order valence-corrected chi connectivity index (χ1v) is 13.5. The molecule has 0 unspecified atom stereocenters. The van der Waals surface area contributed by atoms with Gasteiger partial charge in [-0.25, -0.2) is 9.97 Å². The van der Waals surface area contributed by atoms with E-state index in [-0.39, 0.29) is 5.41 Å². The zero-order valence-corrected chi connectivity index (χ0v) is 22.1. The Kier molecular flexibility index (Phi) is 4.88. The molecular formula is C29H28N2OS2. The number of furan rings is 1. The smallest absolute Gasteiger partial charge is 0.230 e. The minimum Gasteiger partial charge on any atom is -0.438 e. The Labute approximate surface area is 207 Å². The van der Waals surface area contributed by atoms with Crippen molar-refractivity contribution in [3.63, 3.8) is 0 Å². The molecule has 0 spiro atoms. The fourth-order valence-electron chi connectivity index (χ4n) is 5.03. The Morgan fingerprint density at radius 2 is 1.85 bits per heavy atom. The summed E-state index contributed by atoms with van der Waals surface area (Å²) in [7, 11) is 0. The molecule has 172 valence electrons. The lowest BCUT2D eigenvalue weighted by Gasteiger charge is -2.21. The Bertz CT molecular complexity index is 1710. The Hall–Kier alpha value is -2.76. The van der Waals surface area contributed by atoms with Crippen molar-refractivity contribution in [2.75, 3.05) is 0 Å². The van der Waals surface area contributed by atoms with Crippen LogP contribution in [0.3, 0.4) is 0 Å². The van der Waals surface area contributed by atoms with Crippen LogP contribution in [0.25, 0.3) is 53.5 Å². The fraction of sp³-hybridized carbons (Fsp3) is 0.310. The Morgan fingerprint density at radius 1 is 1.03 bits per heavy atom. The van der Waals surface area contributed by atoms with Gasteiger partial charge in [-0.05, 0) is 82.3 Å². The van der Waals surface area contributed by atoms with Crippen molar-refractivity contribution in [1.29, 1.82) is 0 Å². The summed E-state index contributed by atoms with van der Waals surface area (Å²) in [4.78, 5) is 10.7. The molecule has 0 aliphatic heterocycles. The van der Waals surface area contributed by atoms with E-state index < -0.39 is 0 Å². The largest absolute Gasteiger partial charge is 0.438 e. The average Bonchev–Trinajstić information content (AvgIpc) is 3.46. The van der Waals surface area contributed by atoms with Gasteiger partial charge in [-0.2, -0.15) is 0 Å². The Morgan fingerprint density at radius 3 is 2.62 bits per heavy atom. The van der Waals surface area contributed by atoms with E-state index in [2.05, 4.69) is 82.2 Å². The third kappa shape index (κ3) is 3.37. The lowest BCUT2D eigenvalue weighted by atomic mass is 9.85. The minimum absolute atomic E-state index is 0.0389. The summed E-state index contributed by atoms with van der Waals surface area (Å²) < 4.78 is 8.98. The van der Waals surface area contributed by atoms with Gasteiger partial charge in [-0.3, -0.25) is 0 Å². The van der Waals surface area contributed by atoms with E-state index in [1.165, 1.54) is 36.2 Å². The second-order valence-corrected chi connectivity index (χ2v) is 12.9. The predicted molar refractivity (Wildman–Crippen MR) is 147 cm³/mol. The highest BCUT2D eigenvalue weighted by Crippen LogP contribution is 2.42. The summed E-state index contributed by atoms with van der Waals surface area (Å²) in [6.07, 6.45) is 2.71. The van der Waals surface area contributed by atoms with Gasteiger partial charge in [0.25, 0.3) is 0 Å².